The maximum absolute atomic E-state index is 12.3. The van der Waals surface area contributed by atoms with Gasteiger partial charge in [-0.3, -0.25) is 24.5 Å². The molecule has 0 bridgehead atoms. The zero-order chi connectivity index (χ0) is 23.6. The van der Waals surface area contributed by atoms with Gasteiger partial charge in [0.05, 0.1) is 41.5 Å². The molecule has 1 aromatic heterocycles. The number of nitrogens with zero attached hydrogens (tertiary/aromatic N) is 2. The van der Waals surface area contributed by atoms with Crippen LogP contribution in [0.25, 0.3) is 0 Å². The predicted molar refractivity (Wildman–Crippen MR) is 121 cm³/mol. The van der Waals surface area contributed by atoms with Gasteiger partial charge in [0.15, 0.2) is 0 Å². The topological polar surface area (TPSA) is 157 Å². The highest BCUT2D eigenvalue weighted by Gasteiger charge is 2.35. The first kappa shape index (κ1) is 24.5. The van der Waals surface area contributed by atoms with Crippen LogP contribution < -0.4 is 11.2 Å². The van der Waals surface area contributed by atoms with Crippen LogP contribution >= 0.6 is 22.6 Å². The van der Waals surface area contributed by atoms with Crippen molar-refractivity contribution in [1.29, 1.82) is 0 Å². The van der Waals surface area contributed by atoms with Crippen molar-refractivity contribution in [3.05, 3.63) is 70.0 Å². The van der Waals surface area contributed by atoms with E-state index in [4.69, 9.17) is 9.47 Å². The quantitative estimate of drug-likeness (QED) is 0.249. The van der Waals surface area contributed by atoms with Gasteiger partial charge in [-0.05, 0) is 40.6 Å². The zero-order valence-electron chi connectivity index (χ0n) is 17.4. The van der Waals surface area contributed by atoms with E-state index in [0.717, 1.165) is 4.57 Å². The molecule has 3 rings (SSSR count). The van der Waals surface area contributed by atoms with Crippen LogP contribution in [0.4, 0.5) is 5.69 Å². The van der Waals surface area contributed by atoms with Crippen LogP contribution in [-0.2, 0) is 16.1 Å². The van der Waals surface area contributed by atoms with Crippen LogP contribution in [0.5, 0.6) is 0 Å². The number of halogens is 1. The first-order valence-corrected chi connectivity index (χ1v) is 11.0. The molecule has 4 atom stereocenters. The molecule has 1 fully saturated rings. The Kier molecular flexibility index (Phi) is 7.82. The molecule has 1 saturated heterocycles. The lowest BCUT2D eigenvalue weighted by Gasteiger charge is -2.22. The Balaban J connectivity index is 1.88. The summed E-state index contributed by atoms with van der Waals surface area (Å²) in [6.45, 7) is 3.08. The Hall–Kier alpha value is -2.13. The molecule has 0 spiro atoms. The molecule has 1 aliphatic rings. The molecule has 0 unspecified atom stereocenters. The molecule has 0 aliphatic carbocycles. The highest BCUT2D eigenvalue weighted by atomic mass is 127. The van der Waals surface area contributed by atoms with Gasteiger partial charge in [0.25, 0.3) is 11.2 Å². The van der Waals surface area contributed by atoms with E-state index < -0.39 is 47.3 Å². The standard InChI is InChI=1S/C20H24IN3O8/c1-10(2)18(13-4-3-12(21)5-14(13)24(29)30)31-9-11-7-23(20(28)22-19(11)27)17-6-15(26)16(8-25)32-17/h3-5,7,10,15-18,25-26H,6,8-9H2,1-2H3,(H,22,27,28)/t15-,16-,17-,18-/m1/s1. The molecule has 174 valence electrons. The number of aromatic amines is 1. The number of nitro groups is 1. The SMILES string of the molecule is CC(C)[C@@H](OCc1cn([C@H]2C[C@@H](O)[C@@H](CO)O2)c(=O)[nH]c1=O)c1ccc(I)cc1[N+](=O)[O-]. The van der Waals surface area contributed by atoms with Gasteiger partial charge in [0.1, 0.15) is 12.3 Å². The van der Waals surface area contributed by atoms with Crippen molar-refractivity contribution in [3.8, 4) is 0 Å². The molecule has 3 N–H and O–H groups in total. The van der Waals surface area contributed by atoms with Gasteiger partial charge < -0.3 is 19.7 Å². The summed E-state index contributed by atoms with van der Waals surface area (Å²) in [6.07, 6.45) is -1.95. The molecule has 0 radical (unpaired) electrons. The second-order valence-electron chi connectivity index (χ2n) is 7.87. The van der Waals surface area contributed by atoms with Crippen molar-refractivity contribution in [2.75, 3.05) is 6.61 Å². The number of hydrogen-bond donors (Lipinski definition) is 3. The summed E-state index contributed by atoms with van der Waals surface area (Å²) in [7, 11) is 0. The number of nitrogens with one attached hydrogen (secondary N) is 1. The zero-order valence-corrected chi connectivity index (χ0v) is 19.6. The Labute approximate surface area is 196 Å². The number of aliphatic hydroxyl groups is 2. The second kappa shape index (κ2) is 10.2. The van der Waals surface area contributed by atoms with Gasteiger partial charge in [0.2, 0.25) is 0 Å². The van der Waals surface area contributed by atoms with E-state index in [2.05, 4.69) is 4.98 Å². The van der Waals surface area contributed by atoms with Crippen molar-refractivity contribution in [2.24, 2.45) is 5.92 Å². The minimum Gasteiger partial charge on any atom is -0.394 e. The van der Waals surface area contributed by atoms with Crippen LogP contribution in [0.2, 0.25) is 0 Å². The van der Waals surface area contributed by atoms with Crippen molar-refractivity contribution in [1.82, 2.24) is 9.55 Å². The highest BCUT2D eigenvalue weighted by molar-refractivity contribution is 14.1. The molecule has 1 aromatic carbocycles. The fourth-order valence-electron chi connectivity index (χ4n) is 3.63. The van der Waals surface area contributed by atoms with Crippen LogP contribution in [0.15, 0.2) is 34.0 Å². The van der Waals surface area contributed by atoms with E-state index in [1.807, 2.05) is 36.4 Å². The lowest BCUT2D eigenvalue weighted by atomic mass is 9.97. The minimum atomic E-state index is -0.949. The number of hydrogen-bond acceptors (Lipinski definition) is 8. The molecular weight excluding hydrogens is 537 g/mol. The second-order valence-corrected chi connectivity index (χ2v) is 9.12. The summed E-state index contributed by atoms with van der Waals surface area (Å²) in [6, 6.07) is 4.84. The fraction of sp³-hybridized carbons (Fsp3) is 0.500. The predicted octanol–water partition coefficient (Wildman–Crippen LogP) is 1.60. The van der Waals surface area contributed by atoms with E-state index in [0.29, 0.717) is 9.13 Å². The van der Waals surface area contributed by atoms with Crippen LogP contribution in [0.1, 0.15) is 43.7 Å². The van der Waals surface area contributed by atoms with Gasteiger partial charge in [-0.15, -0.1) is 0 Å². The lowest BCUT2D eigenvalue weighted by Crippen LogP contribution is -2.34. The largest absolute Gasteiger partial charge is 0.394 e. The summed E-state index contributed by atoms with van der Waals surface area (Å²) in [5.41, 5.74) is -0.929. The maximum atomic E-state index is 12.3. The summed E-state index contributed by atoms with van der Waals surface area (Å²) in [4.78, 5) is 37.9. The number of aliphatic hydroxyl groups excluding tert-OH is 2. The number of aromatic nitrogens is 2. The van der Waals surface area contributed by atoms with Crippen molar-refractivity contribution in [3.63, 3.8) is 0 Å². The fourth-order valence-corrected chi connectivity index (χ4v) is 4.11. The molecule has 11 nitrogen and oxygen atoms in total. The summed E-state index contributed by atoms with van der Waals surface area (Å²) >= 11 is 1.99. The monoisotopic (exact) mass is 561 g/mol. The minimum absolute atomic E-state index is 0.0704. The Morgan fingerprint density at radius 3 is 2.72 bits per heavy atom. The molecule has 0 saturated carbocycles. The normalized spacial score (nSPS) is 21.8. The van der Waals surface area contributed by atoms with E-state index >= 15 is 0 Å². The van der Waals surface area contributed by atoms with E-state index in [1.165, 1.54) is 12.3 Å². The first-order chi connectivity index (χ1) is 15.1. The average molecular weight is 561 g/mol. The third-order valence-electron chi connectivity index (χ3n) is 5.26. The van der Waals surface area contributed by atoms with Gasteiger partial charge in [-0.1, -0.05) is 13.8 Å². The highest BCUT2D eigenvalue weighted by Crippen LogP contribution is 2.34. The molecule has 1 aliphatic heterocycles. The van der Waals surface area contributed by atoms with Crippen molar-refractivity contribution >= 4 is 28.3 Å². The van der Waals surface area contributed by atoms with Crippen molar-refractivity contribution in [2.45, 2.75) is 51.4 Å². The van der Waals surface area contributed by atoms with E-state index in [1.54, 1.807) is 12.1 Å². The summed E-state index contributed by atoms with van der Waals surface area (Å²) in [5, 5.41) is 30.7. The molecule has 32 heavy (non-hydrogen) atoms. The summed E-state index contributed by atoms with van der Waals surface area (Å²) < 4.78 is 13.3. The average Bonchev–Trinajstić information content (AvgIpc) is 3.10. The van der Waals surface area contributed by atoms with Gasteiger partial charge in [-0.2, -0.15) is 0 Å². The lowest BCUT2D eigenvalue weighted by molar-refractivity contribution is -0.386. The van der Waals surface area contributed by atoms with Gasteiger partial charge >= 0.3 is 5.69 Å². The number of ether oxygens (including phenoxy) is 2. The smallest absolute Gasteiger partial charge is 0.330 e. The van der Waals surface area contributed by atoms with E-state index in [9.17, 15) is 29.9 Å². The Morgan fingerprint density at radius 1 is 1.41 bits per heavy atom. The molecule has 0 amide bonds. The van der Waals surface area contributed by atoms with Crippen LogP contribution in [0, 0.1) is 19.6 Å². The number of benzene rings is 1. The van der Waals surface area contributed by atoms with Crippen LogP contribution in [0.3, 0.4) is 0 Å². The molecule has 2 aromatic rings. The molecular formula is C20H24IN3O8. The molecule has 12 heteroatoms. The molecule has 2 heterocycles. The third-order valence-corrected chi connectivity index (χ3v) is 5.93. The van der Waals surface area contributed by atoms with Crippen molar-refractivity contribution < 1.29 is 24.6 Å². The van der Waals surface area contributed by atoms with E-state index in [-0.39, 0.29) is 30.2 Å². The number of nitro benzene ring substituents is 1. The number of rotatable bonds is 8. The first-order valence-electron chi connectivity index (χ1n) is 9.96. The Morgan fingerprint density at radius 2 is 2.12 bits per heavy atom. The van der Waals surface area contributed by atoms with Gasteiger partial charge in [0, 0.05) is 22.3 Å². The Bertz CT molecular complexity index is 1100. The van der Waals surface area contributed by atoms with Crippen LogP contribution in [-0.4, -0.2) is 43.5 Å². The van der Waals surface area contributed by atoms with Gasteiger partial charge in [-0.25, -0.2) is 4.79 Å². The maximum Gasteiger partial charge on any atom is 0.330 e. The third kappa shape index (κ3) is 5.26. The summed E-state index contributed by atoms with van der Waals surface area (Å²) in [5.74, 6) is -0.141. The number of H-pyrrole nitrogens is 1.